The maximum absolute atomic E-state index is 13.5. The molecular formula is C26H34Cl2FN3O4S. The number of anilines is 1. The van der Waals surface area contributed by atoms with Crippen molar-refractivity contribution in [1.82, 2.24) is 10.2 Å². The Labute approximate surface area is 229 Å². The maximum atomic E-state index is 13.5. The monoisotopic (exact) mass is 573 g/mol. The largest absolute Gasteiger partial charge is 0.352 e. The van der Waals surface area contributed by atoms with E-state index in [2.05, 4.69) is 5.32 Å². The third kappa shape index (κ3) is 8.86. The molecule has 0 aliphatic heterocycles. The molecule has 204 valence electrons. The van der Waals surface area contributed by atoms with Gasteiger partial charge in [0.15, 0.2) is 0 Å². The van der Waals surface area contributed by atoms with Crippen molar-refractivity contribution in [1.29, 1.82) is 0 Å². The number of amides is 2. The minimum absolute atomic E-state index is 0.00670. The van der Waals surface area contributed by atoms with Crippen LogP contribution in [0.3, 0.4) is 0 Å². The standard InChI is InChI=1S/C26H34Cl2FN3O4S/c1-5-18(3)30-26(34)24(6-2)31(17-21-22(27)9-7-10-23(21)28)25(33)11-8-16-32(37(4,35)36)20-14-12-19(29)13-15-20/h7,9-10,12-15,18,24H,5-6,8,11,16-17H2,1-4H3,(H,30,34)/t18-,24-/m0/s1. The number of nitrogens with one attached hydrogen (secondary N) is 1. The highest BCUT2D eigenvalue weighted by Crippen LogP contribution is 2.27. The maximum Gasteiger partial charge on any atom is 0.243 e. The highest BCUT2D eigenvalue weighted by molar-refractivity contribution is 7.92. The Kier molecular flexibility index (Phi) is 11.7. The van der Waals surface area contributed by atoms with Crippen molar-refractivity contribution in [3.8, 4) is 0 Å². The van der Waals surface area contributed by atoms with Crippen LogP contribution in [0.5, 0.6) is 0 Å². The topological polar surface area (TPSA) is 86.8 Å². The predicted octanol–water partition coefficient (Wildman–Crippen LogP) is 5.40. The molecule has 0 fully saturated rings. The molecule has 1 N–H and O–H groups in total. The Morgan fingerprint density at radius 3 is 2.14 bits per heavy atom. The van der Waals surface area contributed by atoms with Crippen LogP contribution >= 0.6 is 23.2 Å². The van der Waals surface area contributed by atoms with Gasteiger partial charge < -0.3 is 10.2 Å². The molecule has 2 aromatic carbocycles. The number of carbonyl (C=O) groups excluding carboxylic acids is 2. The number of halogens is 3. The SMILES string of the molecule is CC[C@H](C)NC(=O)[C@H](CC)N(Cc1c(Cl)cccc1Cl)C(=O)CCCN(c1ccc(F)cc1)S(C)(=O)=O. The molecule has 0 saturated heterocycles. The van der Waals surface area contributed by atoms with Crippen LogP contribution < -0.4 is 9.62 Å². The molecule has 2 aromatic rings. The van der Waals surface area contributed by atoms with Gasteiger partial charge in [0.2, 0.25) is 21.8 Å². The van der Waals surface area contributed by atoms with Crippen molar-refractivity contribution in [3.63, 3.8) is 0 Å². The highest BCUT2D eigenvalue weighted by atomic mass is 35.5. The minimum Gasteiger partial charge on any atom is -0.352 e. The van der Waals surface area contributed by atoms with E-state index >= 15 is 0 Å². The molecule has 2 amide bonds. The smallest absolute Gasteiger partial charge is 0.243 e. The third-order valence-electron chi connectivity index (χ3n) is 6.04. The molecule has 0 unspecified atom stereocenters. The molecule has 0 saturated carbocycles. The molecule has 0 heterocycles. The van der Waals surface area contributed by atoms with Gasteiger partial charge in [-0.3, -0.25) is 13.9 Å². The fraction of sp³-hybridized carbons (Fsp3) is 0.462. The molecule has 2 rings (SSSR count). The summed E-state index contributed by atoms with van der Waals surface area (Å²) in [7, 11) is -3.67. The average molecular weight is 575 g/mol. The van der Waals surface area contributed by atoms with Gasteiger partial charge in [0, 0.05) is 41.2 Å². The van der Waals surface area contributed by atoms with E-state index in [9.17, 15) is 22.4 Å². The van der Waals surface area contributed by atoms with Crippen molar-refractivity contribution in [2.45, 2.75) is 65.1 Å². The second-order valence-electron chi connectivity index (χ2n) is 8.88. The Morgan fingerprint density at radius 2 is 1.62 bits per heavy atom. The van der Waals surface area contributed by atoms with Gasteiger partial charge in [-0.1, -0.05) is 43.1 Å². The highest BCUT2D eigenvalue weighted by Gasteiger charge is 2.30. The summed E-state index contributed by atoms with van der Waals surface area (Å²) in [6, 6.07) is 9.29. The lowest BCUT2D eigenvalue weighted by atomic mass is 10.1. The van der Waals surface area contributed by atoms with Crippen LogP contribution in [0.2, 0.25) is 10.0 Å². The molecule has 0 aromatic heterocycles. The lowest BCUT2D eigenvalue weighted by Crippen LogP contribution is -2.50. The van der Waals surface area contributed by atoms with Gasteiger partial charge in [0.05, 0.1) is 11.9 Å². The molecule has 11 heteroatoms. The molecular weight excluding hydrogens is 540 g/mol. The quantitative estimate of drug-likeness (QED) is 0.347. The molecule has 0 bridgehead atoms. The lowest BCUT2D eigenvalue weighted by molar-refractivity contribution is -0.141. The van der Waals surface area contributed by atoms with Gasteiger partial charge in [0.1, 0.15) is 11.9 Å². The number of carbonyl (C=O) groups is 2. The Bertz CT molecular complexity index is 1160. The van der Waals surface area contributed by atoms with Crippen molar-refractivity contribution >= 4 is 50.7 Å². The van der Waals surface area contributed by atoms with Crippen LogP contribution in [0.1, 0.15) is 52.0 Å². The van der Waals surface area contributed by atoms with Crippen molar-refractivity contribution in [2.24, 2.45) is 0 Å². The molecule has 0 aliphatic rings. The van der Waals surface area contributed by atoms with E-state index in [0.29, 0.717) is 27.7 Å². The first kappa shape index (κ1) is 30.9. The van der Waals surface area contributed by atoms with Crippen LogP contribution in [0.25, 0.3) is 0 Å². The van der Waals surface area contributed by atoms with Crippen molar-refractivity contribution in [3.05, 3.63) is 63.9 Å². The number of hydrogen-bond donors (Lipinski definition) is 1. The summed E-state index contributed by atoms with van der Waals surface area (Å²) in [5.41, 5.74) is 0.827. The zero-order chi connectivity index (χ0) is 27.8. The summed E-state index contributed by atoms with van der Waals surface area (Å²) in [5, 5.41) is 3.69. The first-order valence-electron chi connectivity index (χ1n) is 12.1. The Balaban J connectivity index is 2.27. The van der Waals surface area contributed by atoms with Gasteiger partial charge >= 0.3 is 0 Å². The van der Waals surface area contributed by atoms with Gasteiger partial charge in [-0.2, -0.15) is 0 Å². The lowest BCUT2D eigenvalue weighted by Gasteiger charge is -2.32. The fourth-order valence-corrected chi connectivity index (χ4v) is 5.31. The third-order valence-corrected chi connectivity index (χ3v) is 7.95. The fourth-order valence-electron chi connectivity index (χ4n) is 3.83. The van der Waals surface area contributed by atoms with Crippen LogP contribution in [0, 0.1) is 5.82 Å². The summed E-state index contributed by atoms with van der Waals surface area (Å²) in [6.45, 7) is 5.68. The van der Waals surface area contributed by atoms with Crippen LogP contribution in [0.4, 0.5) is 10.1 Å². The van der Waals surface area contributed by atoms with Crippen LogP contribution in [0.15, 0.2) is 42.5 Å². The minimum atomic E-state index is -3.67. The van der Waals surface area contributed by atoms with E-state index in [4.69, 9.17) is 23.2 Å². The summed E-state index contributed by atoms with van der Waals surface area (Å²) in [5.74, 6) is -1.10. The van der Waals surface area contributed by atoms with E-state index in [-0.39, 0.29) is 43.8 Å². The number of benzene rings is 2. The summed E-state index contributed by atoms with van der Waals surface area (Å²) >= 11 is 12.7. The van der Waals surface area contributed by atoms with Crippen molar-refractivity contribution in [2.75, 3.05) is 17.1 Å². The summed E-state index contributed by atoms with van der Waals surface area (Å²) in [6.07, 6.45) is 2.30. The summed E-state index contributed by atoms with van der Waals surface area (Å²) in [4.78, 5) is 28.0. The Hall–Kier alpha value is -2.36. The molecule has 0 aliphatic carbocycles. The van der Waals surface area contributed by atoms with E-state index in [1.807, 2.05) is 20.8 Å². The molecule has 2 atom stereocenters. The zero-order valence-corrected chi connectivity index (χ0v) is 23.8. The van der Waals surface area contributed by atoms with Gasteiger partial charge in [-0.25, -0.2) is 12.8 Å². The molecule has 37 heavy (non-hydrogen) atoms. The second kappa shape index (κ2) is 14.0. The average Bonchev–Trinajstić information content (AvgIpc) is 2.83. The summed E-state index contributed by atoms with van der Waals surface area (Å²) < 4.78 is 39.2. The van der Waals surface area contributed by atoms with E-state index < -0.39 is 21.9 Å². The molecule has 0 spiro atoms. The van der Waals surface area contributed by atoms with Gasteiger partial charge in [-0.15, -0.1) is 0 Å². The first-order valence-corrected chi connectivity index (χ1v) is 14.7. The van der Waals surface area contributed by atoms with Crippen LogP contribution in [-0.4, -0.2) is 50.0 Å². The van der Waals surface area contributed by atoms with E-state index in [0.717, 1.165) is 17.0 Å². The van der Waals surface area contributed by atoms with Crippen LogP contribution in [-0.2, 0) is 26.2 Å². The van der Waals surface area contributed by atoms with Gasteiger partial charge in [0.25, 0.3) is 0 Å². The Morgan fingerprint density at radius 1 is 1.03 bits per heavy atom. The number of rotatable bonds is 13. The van der Waals surface area contributed by atoms with Gasteiger partial charge in [-0.05, 0) is 62.6 Å². The zero-order valence-electron chi connectivity index (χ0n) is 21.5. The first-order chi connectivity index (χ1) is 17.4. The number of nitrogens with zero attached hydrogens (tertiary/aromatic N) is 2. The molecule has 7 nitrogen and oxygen atoms in total. The second-order valence-corrected chi connectivity index (χ2v) is 11.6. The molecule has 0 radical (unpaired) electrons. The number of sulfonamides is 1. The van der Waals surface area contributed by atoms with E-state index in [1.165, 1.54) is 29.2 Å². The van der Waals surface area contributed by atoms with E-state index in [1.54, 1.807) is 18.2 Å². The predicted molar refractivity (Wildman–Crippen MR) is 147 cm³/mol. The normalized spacial score (nSPS) is 13.1. The van der Waals surface area contributed by atoms with Crippen molar-refractivity contribution < 1.29 is 22.4 Å². The number of hydrogen-bond acceptors (Lipinski definition) is 4.